The van der Waals surface area contributed by atoms with Crippen molar-refractivity contribution in [2.24, 2.45) is 7.05 Å². The fraction of sp³-hybridized carbons (Fsp3) is 0.500. The van der Waals surface area contributed by atoms with Gasteiger partial charge in [-0.05, 0) is 18.6 Å². The summed E-state index contributed by atoms with van der Waals surface area (Å²) in [5.41, 5.74) is 1.65. The zero-order chi connectivity index (χ0) is 12.8. The zero-order valence-corrected chi connectivity index (χ0v) is 10.9. The number of anilines is 1. The van der Waals surface area contributed by atoms with Gasteiger partial charge >= 0.3 is 0 Å². The van der Waals surface area contributed by atoms with E-state index in [0.717, 1.165) is 29.8 Å². The summed E-state index contributed by atoms with van der Waals surface area (Å²) in [4.78, 5) is 6.79. The average Bonchev–Trinajstić information content (AvgIpc) is 2.64. The van der Waals surface area contributed by atoms with Gasteiger partial charge in [0.2, 0.25) is 5.95 Å². The molecule has 0 radical (unpaired) electrons. The lowest BCUT2D eigenvalue weighted by atomic mass is 9.90. The Kier molecular flexibility index (Phi) is 2.55. The summed E-state index contributed by atoms with van der Waals surface area (Å²) in [5.74, 6) is 0.956. The van der Waals surface area contributed by atoms with Crippen LogP contribution in [0.25, 0.3) is 11.0 Å². The molecule has 1 N–H and O–H groups in total. The van der Waals surface area contributed by atoms with E-state index in [1.165, 1.54) is 0 Å². The van der Waals surface area contributed by atoms with E-state index >= 15 is 0 Å². The van der Waals surface area contributed by atoms with Crippen molar-refractivity contribution in [2.45, 2.75) is 25.4 Å². The van der Waals surface area contributed by atoms with E-state index in [9.17, 15) is 5.11 Å². The Labute approximate surface area is 107 Å². The lowest BCUT2D eigenvalue weighted by Gasteiger charge is -2.47. The van der Waals surface area contributed by atoms with Crippen LogP contribution in [0.2, 0.25) is 0 Å². The number of aromatic nitrogens is 2. The van der Waals surface area contributed by atoms with E-state index in [1.807, 2.05) is 25.2 Å². The van der Waals surface area contributed by atoms with Crippen LogP contribution in [0, 0.1) is 0 Å². The quantitative estimate of drug-likeness (QED) is 0.898. The maximum atomic E-state index is 10.2. The highest BCUT2D eigenvalue weighted by molar-refractivity contribution is 5.78. The van der Waals surface area contributed by atoms with Crippen LogP contribution in [-0.4, -0.2) is 33.3 Å². The number of β-amino-alcohol motifs (C(OH)–C–C–N with tert-alkyl or cyclic N) is 1. The fourth-order valence-electron chi connectivity index (χ4n) is 2.84. The molecule has 1 saturated heterocycles. The predicted molar refractivity (Wildman–Crippen MR) is 72.8 cm³/mol. The van der Waals surface area contributed by atoms with E-state index in [2.05, 4.69) is 27.4 Å². The third-order valence-electron chi connectivity index (χ3n) is 3.73. The first-order valence-electron chi connectivity index (χ1n) is 6.52. The van der Waals surface area contributed by atoms with Crippen molar-refractivity contribution in [3.05, 3.63) is 24.3 Å². The average molecular weight is 245 g/mol. The van der Waals surface area contributed by atoms with E-state index in [4.69, 9.17) is 0 Å². The van der Waals surface area contributed by atoms with Crippen molar-refractivity contribution in [1.29, 1.82) is 0 Å². The minimum Gasteiger partial charge on any atom is -0.386 e. The number of para-hydroxylation sites is 2. The zero-order valence-electron chi connectivity index (χ0n) is 10.9. The van der Waals surface area contributed by atoms with E-state index in [-0.39, 0.29) is 0 Å². The molecule has 96 valence electrons. The molecular formula is C14H19N3O. The highest BCUT2D eigenvalue weighted by atomic mass is 16.3. The summed E-state index contributed by atoms with van der Waals surface area (Å²) in [5, 5.41) is 10.2. The van der Waals surface area contributed by atoms with Crippen LogP contribution in [0.3, 0.4) is 0 Å². The maximum Gasteiger partial charge on any atom is 0.206 e. The lowest BCUT2D eigenvalue weighted by molar-refractivity contribution is 0.00225. The molecule has 1 aliphatic heterocycles. The summed E-state index contributed by atoms with van der Waals surface area (Å²) in [7, 11) is 2.03. The third-order valence-corrected chi connectivity index (χ3v) is 3.73. The number of hydrogen-bond donors (Lipinski definition) is 1. The molecule has 4 heteroatoms. The van der Waals surface area contributed by atoms with Crippen LogP contribution in [0.15, 0.2) is 24.3 Å². The molecule has 0 bridgehead atoms. The van der Waals surface area contributed by atoms with Gasteiger partial charge in [0.05, 0.1) is 29.7 Å². The molecule has 2 aromatic rings. The van der Waals surface area contributed by atoms with Crippen molar-refractivity contribution in [1.82, 2.24) is 9.55 Å². The number of aliphatic hydroxyl groups is 1. The molecule has 0 unspecified atom stereocenters. The van der Waals surface area contributed by atoms with Gasteiger partial charge in [-0.3, -0.25) is 0 Å². The van der Waals surface area contributed by atoms with Gasteiger partial charge in [0.1, 0.15) is 0 Å². The van der Waals surface area contributed by atoms with Gasteiger partial charge in [-0.2, -0.15) is 0 Å². The molecule has 0 atom stereocenters. The number of nitrogens with zero attached hydrogens (tertiary/aromatic N) is 3. The molecule has 0 spiro atoms. The number of imidazole rings is 1. The van der Waals surface area contributed by atoms with Crippen molar-refractivity contribution < 1.29 is 5.11 Å². The Bertz CT molecular complexity index is 569. The Morgan fingerprint density at radius 3 is 2.72 bits per heavy atom. The first-order valence-corrected chi connectivity index (χ1v) is 6.52. The number of hydrogen-bond acceptors (Lipinski definition) is 3. The normalized spacial score (nSPS) is 18.1. The van der Waals surface area contributed by atoms with Crippen LogP contribution < -0.4 is 4.90 Å². The topological polar surface area (TPSA) is 41.3 Å². The van der Waals surface area contributed by atoms with E-state index < -0.39 is 5.60 Å². The standard InChI is InChI=1S/C14H19N3O/c1-3-8-14(18)9-17(10-14)13-15-11-6-4-5-7-12(11)16(13)2/h4-7,18H,3,8-10H2,1-2H3. The SMILES string of the molecule is CCCC1(O)CN(c2nc3ccccc3n2C)C1. The van der Waals surface area contributed by atoms with Crippen molar-refractivity contribution in [3.63, 3.8) is 0 Å². The van der Waals surface area contributed by atoms with Gasteiger partial charge in [-0.25, -0.2) is 4.98 Å². The fourth-order valence-corrected chi connectivity index (χ4v) is 2.84. The predicted octanol–water partition coefficient (Wildman–Crippen LogP) is 1.92. The first kappa shape index (κ1) is 11.5. The first-order chi connectivity index (χ1) is 8.63. The van der Waals surface area contributed by atoms with Crippen LogP contribution in [0.4, 0.5) is 5.95 Å². The highest BCUT2D eigenvalue weighted by Crippen LogP contribution is 2.31. The van der Waals surface area contributed by atoms with Gasteiger partial charge in [0, 0.05) is 7.05 Å². The monoisotopic (exact) mass is 245 g/mol. The Morgan fingerprint density at radius 2 is 2.06 bits per heavy atom. The van der Waals surface area contributed by atoms with Gasteiger partial charge in [0.25, 0.3) is 0 Å². The van der Waals surface area contributed by atoms with Gasteiger partial charge in [-0.15, -0.1) is 0 Å². The van der Waals surface area contributed by atoms with E-state index in [0.29, 0.717) is 13.1 Å². The Hall–Kier alpha value is -1.55. The smallest absolute Gasteiger partial charge is 0.206 e. The Balaban J connectivity index is 1.87. The number of rotatable bonds is 3. The van der Waals surface area contributed by atoms with Crippen LogP contribution in [-0.2, 0) is 7.05 Å². The van der Waals surface area contributed by atoms with Crippen molar-refractivity contribution >= 4 is 17.0 Å². The minimum absolute atomic E-state index is 0.507. The number of aryl methyl sites for hydroxylation is 1. The molecule has 1 fully saturated rings. The minimum atomic E-state index is -0.507. The van der Waals surface area contributed by atoms with Crippen molar-refractivity contribution in [3.8, 4) is 0 Å². The molecule has 18 heavy (non-hydrogen) atoms. The highest BCUT2D eigenvalue weighted by Gasteiger charge is 2.41. The molecule has 1 aromatic carbocycles. The molecule has 1 aliphatic rings. The van der Waals surface area contributed by atoms with Crippen LogP contribution >= 0.6 is 0 Å². The van der Waals surface area contributed by atoms with Gasteiger partial charge in [0.15, 0.2) is 0 Å². The molecule has 4 nitrogen and oxygen atoms in total. The second kappa shape index (κ2) is 3.99. The largest absolute Gasteiger partial charge is 0.386 e. The summed E-state index contributed by atoms with van der Waals surface area (Å²) in [6.45, 7) is 3.49. The summed E-state index contributed by atoms with van der Waals surface area (Å²) in [6, 6.07) is 8.13. The van der Waals surface area contributed by atoms with Crippen molar-refractivity contribution in [2.75, 3.05) is 18.0 Å². The maximum absolute atomic E-state index is 10.2. The number of benzene rings is 1. The Morgan fingerprint density at radius 1 is 1.33 bits per heavy atom. The molecule has 1 aromatic heterocycles. The second-order valence-electron chi connectivity index (χ2n) is 5.29. The number of fused-ring (bicyclic) bond motifs is 1. The van der Waals surface area contributed by atoms with Crippen LogP contribution in [0.5, 0.6) is 0 Å². The van der Waals surface area contributed by atoms with Crippen LogP contribution in [0.1, 0.15) is 19.8 Å². The molecule has 0 amide bonds. The van der Waals surface area contributed by atoms with Gasteiger partial charge in [-0.1, -0.05) is 25.5 Å². The van der Waals surface area contributed by atoms with E-state index in [1.54, 1.807) is 0 Å². The summed E-state index contributed by atoms with van der Waals surface area (Å²) in [6.07, 6.45) is 1.89. The second-order valence-corrected chi connectivity index (χ2v) is 5.29. The molecule has 3 rings (SSSR count). The summed E-state index contributed by atoms with van der Waals surface area (Å²) < 4.78 is 2.10. The third kappa shape index (κ3) is 1.68. The molecule has 2 heterocycles. The van der Waals surface area contributed by atoms with Gasteiger partial charge < -0.3 is 14.6 Å². The molecular weight excluding hydrogens is 226 g/mol. The lowest BCUT2D eigenvalue weighted by Crippen LogP contribution is -2.62. The molecule has 0 saturated carbocycles. The molecule has 0 aliphatic carbocycles. The summed E-state index contributed by atoms with van der Waals surface area (Å²) >= 11 is 0.